The molecule has 1 amide bonds. The van der Waals surface area contributed by atoms with Gasteiger partial charge in [-0.2, -0.15) is 0 Å². The lowest BCUT2D eigenvalue weighted by molar-refractivity contribution is -0.127. The highest BCUT2D eigenvalue weighted by Gasteiger charge is 2.31. The molecule has 2 rings (SSSR count). The van der Waals surface area contributed by atoms with Crippen molar-refractivity contribution in [2.75, 3.05) is 18.8 Å². The maximum absolute atomic E-state index is 11.9. The highest BCUT2D eigenvalue weighted by atomic mass is 32.2. The molecule has 1 aromatic rings. The molecule has 0 bridgehead atoms. The van der Waals surface area contributed by atoms with Crippen LogP contribution >= 0.6 is 0 Å². The molecule has 6 heteroatoms. The first kappa shape index (κ1) is 16.0. The second-order valence-electron chi connectivity index (χ2n) is 5.41. The largest absolute Gasteiger partial charge is 0.341 e. The number of rotatable bonds is 7. The summed E-state index contributed by atoms with van der Waals surface area (Å²) in [5.74, 6) is 0.136. The van der Waals surface area contributed by atoms with Crippen LogP contribution in [-0.2, 0) is 21.2 Å². The summed E-state index contributed by atoms with van der Waals surface area (Å²) < 4.78 is 26.1. The van der Waals surface area contributed by atoms with Gasteiger partial charge in [0.1, 0.15) is 0 Å². The number of likely N-dealkylation sites (tertiary alicyclic amines) is 1. The van der Waals surface area contributed by atoms with Gasteiger partial charge in [-0.1, -0.05) is 37.3 Å². The van der Waals surface area contributed by atoms with E-state index >= 15 is 0 Å². The van der Waals surface area contributed by atoms with Crippen molar-refractivity contribution in [3.63, 3.8) is 0 Å². The van der Waals surface area contributed by atoms with Crippen LogP contribution in [0.3, 0.4) is 0 Å². The molecule has 0 aliphatic carbocycles. The fourth-order valence-electron chi connectivity index (χ4n) is 2.56. The maximum atomic E-state index is 11.9. The van der Waals surface area contributed by atoms with Gasteiger partial charge in [0.15, 0.2) is 0 Å². The average molecular weight is 310 g/mol. The summed E-state index contributed by atoms with van der Waals surface area (Å²) in [6, 6.07) is 9.68. The normalized spacial score (nSPS) is 19.2. The third-order valence-corrected chi connectivity index (χ3v) is 5.18. The first-order chi connectivity index (χ1) is 10.00. The van der Waals surface area contributed by atoms with Crippen LogP contribution in [0.15, 0.2) is 30.3 Å². The lowest BCUT2D eigenvalue weighted by Gasteiger charge is -2.17. The van der Waals surface area contributed by atoms with Gasteiger partial charge in [0.05, 0.1) is 5.75 Å². The smallest absolute Gasteiger partial charge is 0.224 e. The van der Waals surface area contributed by atoms with E-state index in [1.165, 1.54) is 5.56 Å². The molecule has 1 aromatic carbocycles. The minimum atomic E-state index is -3.26. The molecule has 1 heterocycles. The van der Waals surface area contributed by atoms with E-state index in [-0.39, 0.29) is 24.1 Å². The summed E-state index contributed by atoms with van der Waals surface area (Å²) in [5.41, 5.74) is 1.18. The van der Waals surface area contributed by atoms with Gasteiger partial charge in [-0.25, -0.2) is 13.1 Å². The zero-order valence-electron chi connectivity index (χ0n) is 12.3. The molecule has 0 saturated carbocycles. The van der Waals surface area contributed by atoms with Gasteiger partial charge in [0.25, 0.3) is 0 Å². The second kappa shape index (κ2) is 7.04. The molecule has 1 unspecified atom stereocenters. The second-order valence-corrected chi connectivity index (χ2v) is 7.29. The van der Waals surface area contributed by atoms with Crippen molar-refractivity contribution >= 4 is 15.9 Å². The van der Waals surface area contributed by atoms with E-state index in [0.717, 1.165) is 6.42 Å². The van der Waals surface area contributed by atoms with Crippen molar-refractivity contribution in [1.29, 1.82) is 0 Å². The van der Waals surface area contributed by atoms with Crippen LogP contribution in [0.1, 0.15) is 25.3 Å². The van der Waals surface area contributed by atoms with Crippen molar-refractivity contribution in [2.24, 2.45) is 0 Å². The Morgan fingerprint density at radius 1 is 1.29 bits per heavy atom. The molecule has 0 aromatic heterocycles. The predicted molar refractivity (Wildman–Crippen MR) is 82.3 cm³/mol. The van der Waals surface area contributed by atoms with Crippen molar-refractivity contribution < 1.29 is 13.2 Å². The van der Waals surface area contributed by atoms with Crippen LogP contribution < -0.4 is 4.72 Å². The Bertz CT molecular complexity index is 572. The maximum Gasteiger partial charge on any atom is 0.224 e. The minimum absolute atomic E-state index is 0.0233. The molecule has 116 valence electrons. The van der Waals surface area contributed by atoms with Crippen molar-refractivity contribution in [3.05, 3.63) is 35.9 Å². The van der Waals surface area contributed by atoms with Crippen LogP contribution in [0.25, 0.3) is 0 Å². The van der Waals surface area contributed by atoms with Crippen LogP contribution in [0.2, 0.25) is 0 Å². The number of carbonyl (C=O) groups is 1. The fraction of sp³-hybridized carbons (Fsp3) is 0.533. The Morgan fingerprint density at radius 3 is 2.67 bits per heavy atom. The molecule has 5 nitrogen and oxygen atoms in total. The number of nitrogens with zero attached hydrogens (tertiary/aromatic N) is 1. The van der Waals surface area contributed by atoms with Gasteiger partial charge in [-0.15, -0.1) is 0 Å². The summed E-state index contributed by atoms with van der Waals surface area (Å²) in [6.45, 7) is 2.93. The fourth-order valence-corrected chi connectivity index (χ4v) is 3.88. The van der Waals surface area contributed by atoms with E-state index in [0.29, 0.717) is 19.5 Å². The molecular formula is C15H22N2O3S. The average Bonchev–Trinajstić information content (AvgIpc) is 2.76. The molecule has 1 saturated heterocycles. The topological polar surface area (TPSA) is 66.5 Å². The molecule has 1 fully saturated rings. The lowest BCUT2D eigenvalue weighted by Crippen LogP contribution is -2.38. The van der Waals surface area contributed by atoms with E-state index in [2.05, 4.69) is 4.72 Å². The number of amides is 1. The Morgan fingerprint density at radius 2 is 2.00 bits per heavy atom. The SMILES string of the molecule is CCCS(=O)(=O)NC1CC(=O)N(CCc2ccccc2)C1. The van der Waals surface area contributed by atoms with E-state index < -0.39 is 10.0 Å². The van der Waals surface area contributed by atoms with E-state index in [9.17, 15) is 13.2 Å². The minimum Gasteiger partial charge on any atom is -0.341 e. The first-order valence-corrected chi connectivity index (χ1v) is 8.97. The molecule has 1 aliphatic rings. The number of sulfonamides is 1. The van der Waals surface area contributed by atoms with Crippen LogP contribution in [0.5, 0.6) is 0 Å². The predicted octanol–water partition coefficient (Wildman–Crippen LogP) is 1.16. The van der Waals surface area contributed by atoms with Gasteiger partial charge in [0, 0.05) is 25.6 Å². The summed E-state index contributed by atoms with van der Waals surface area (Å²) in [6.07, 6.45) is 1.63. The first-order valence-electron chi connectivity index (χ1n) is 7.32. The molecule has 0 spiro atoms. The number of hydrogen-bond donors (Lipinski definition) is 1. The Balaban J connectivity index is 1.85. The van der Waals surface area contributed by atoms with Crippen molar-refractivity contribution in [3.8, 4) is 0 Å². The Labute approximate surface area is 126 Å². The number of hydrogen-bond acceptors (Lipinski definition) is 3. The van der Waals surface area contributed by atoms with Gasteiger partial charge < -0.3 is 4.90 Å². The highest BCUT2D eigenvalue weighted by Crippen LogP contribution is 2.13. The third-order valence-electron chi connectivity index (χ3n) is 3.55. The van der Waals surface area contributed by atoms with Crippen molar-refractivity contribution in [2.45, 2.75) is 32.2 Å². The number of carbonyl (C=O) groups excluding carboxylic acids is 1. The van der Waals surface area contributed by atoms with Gasteiger partial charge >= 0.3 is 0 Å². The molecule has 0 radical (unpaired) electrons. The molecule has 1 N–H and O–H groups in total. The molecule has 21 heavy (non-hydrogen) atoms. The summed E-state index contributed by atoms with van der Waals surface area (Å²) in [5, 5.41) is 0. The molecule has 1 atom stereocenters. The Kier molecular flexibility index (Phi) is 5.36. The number of benzene rings is 1. The molecule has 1 aliphatic heterocycles. The Hall–Kier alpha value is -1.40. The van der Waals surface area contributed by atoms with Crippen LogP contribution in [-0.4, -0.2) is 44.1 Å². The third kappa shape index (κ3) is 4.82. The van der Waals surface area contributed by atoms with Crippen molar-refractivity contribution in [1.82, 2.24) is 9.62 Å². The summed E-state index contributed by atoms with van der Waals surface area (Å²) in [7, 11) is -3.26. The van der Waals surface area contributed by atoms with Crippen LogP contribution in [0, 0.1) is 0 Å². The molecular weight excluding hydrogens is 288 g/mol. The number of nitrogens with one attached hydrogen (secondary N) is 1. The van der Waals surface area contributed by atoms with E-state index in [1.54, 1.807) is 4.90 Å². The van der Waals surface area contributed by atoms with Gasteiger partial charge in [0.2, 0.25) is 15.9 Å². The van der Waals surface area contributed by atoms with E-state index in [1.807, 2.05) is 37.3 Å². The van der Waals surface area contributed by atoms with Gasteiger partial charge in [-0.3, -0.25) is 4.79 Å². The van der Waals surface area contributed by atoms with Crippen LogP contribution in [0.4, 0.5) is 0 Å². The quantitative estimate of drug-likeness (QED) is 0.822. The van der Waals surface area contributed by atoms with Gasteiger partial charge in [-0.05, 0) is 18.4 Å². The highest BCUT2D eigenvalue weighted by molar-refractivity contribution is 7.89. The lowest BCUT2D eigenvalue weighted by atomic mass is 10.1. The van der Waals surface area contributed by atoms with E-state index in [4.69, 9.17) is 0 Å². The zero-order chi connectivity index (χ0) is 15.3. The summed E-state index contributed by atoms with van der Waals surface area (Å²) >= 11 is 0. The monoisotopic (exact) mass is 310 g/mol. The zero-order valence-corrected chi connectivity index (χ0v) is 13.1. The summed E-state index contributed by atoms with van der Waals surface area (Å²) in [4.78, 5) is 13.7. The standard InChI is InChI=1S/C15H22N2O3S/c1-2-10-21(19,20)16-14-11-15(18)17(12-14)9-8-13-6-4-3-5-7-13/h3-7,14,16H,2,8-12H2,1H3.